The SMILES string of the molecule is CO[P+](O)(O)COc1cc(Br)c(Oc2ccc(O)c(C(C)C)c2)c(Br)c1. The number of ether oxygens (including phenoxy) is 2. The van der Waals surface area contributed by atoms with Crippen molar-refractivity contribution in [3.05, 3.63) is 44.8 Å². The van der Waals surface area contributed by atoms with Crippen molar-refractivity contribution < 1.29 is 28.9 Å². The normalized spacial score (nSPS) is 11.7. The summed E-state index contributed by atoms with van der Waals surface area (Å²) >= 11 is 6.85. The molecular weight excluding hydrogens is 491 g/mol. The van der Waals surface area contributed by atoms with Gasteiger partial charge in [0, 0.05) is 5.56 Å². The van der Waals surface area contributed by atoms with E-state index in [0.717, 1.165) is 5.56 Å². The quantitative estimate of drug-likeness (QED) is 0.422. The van der Waals surface area contributed by atoms with E-state index in [4.69, 9.17) is 9.47 Å². The van der Waals surface area contributed by atoms with Gasteiger partial charge in [-0.2, -0.15) is 14.3 Å². The van der Waals surface area contributed by atoms with Gasteiger partial charge in [0.1, 0.15) is 17.2 Å². The average Bonchev–Trinajstić information content (AvgIpc) is 2.57. The van der Waals surface area contributed by atoms with E-state index < -0.39 is 7.94 Å². The van der Waals surface area contributed by atoms with E-state index in [9.17, 15) is 14.9 Å². The van der Waals surface area contributed by atoms with Crippen molar-refractivity contribution in [2.45, 2.75) is 19.8 Å². The molecular formula is C17H20Br2O6P+. The highest BCUT2D eigenvalue weighted by Crippen LogP contribution is 2.50. The first-order chi connectivity index (χ1) is 12.1. The minimum absolute atomic E-state index is 0.155. The Balaban J connectivity index is 2.22. The molecule has 9 heteroatoms. The Morgan fingerprint density at radius 1 is 1.04 bits per heavy atom. The molecule has 0 fully saturated rings. The highest BCUT2D eigenvalue weighted by atomic mass is 79.9. The first-order valence-corrected chi connectivity index (χ1v) is 11.0. The maximum Gasteiger partial charge on any atom is 0.446 e. The number of phenols is 1. The fourth-order valence-corrected chi connectivity index (χ4v) is 3.83. The summed E-state index contributed by atoms with van der Waals surface area (Å²) < 4.78 is 17.1. The molecule has 142 valence electrons. The van der Waals surface area contributed by atoms with Gasteiger partial charge in [0.05, 0.1) is 16.1 Å². The molecule has 0 aromatic heterocycles. The Kier molecular flexibility index (Phi) is 7.30. The molecule has 3 N–H and O–H groups in total. The lowest BCUT2D eigenvalue weighted by molar-refractivity contribution is 0.236. The molecule has 0 radical (unpaired) electrons. The molecule has 0 saturated heterocycles. The molecule has 0 spiro atoms. The number of halogens is 2. The molecule has 0 aliphatic rings. The monoisotopic (exact) mass is 509 g/mol. The van der Waals surface area contributed by atoms with Crippen molar-refractivity contribution in [3.8, 4) is 23.0 Å². The van der Waals surface area contributed by atoms with E-state index in [1.165, 1.54) is 7.11 Å². The Morgan fingerprint density at radius 2 is 1.65 bits per heavy atom. The minimum atomic E-state index is -3.51. The van der Waals surface area contributed by atoms with Crippen molar-refractivity contribution in [2.24, 2.45) is 0 Å². The highest BCUT2D eigenvalue weighted by Gasteiger charge is 2.35. The van der Waals surface area contributed by atoms with Gasteiger partial charge in [0.25, 0.3) is 6.35 Å². The maximum atomic E-state index is 9.92. The summed E-state index contributed by atoms with van der Waals surface area (Å²) in [5, 5.41) is 9.92. The molecule has 0 unspecified atom stereocenters. The lowest BCUT2D eigenvalue weighted by Crippen LogP contribution is -2.05. The van der Waals surface area contributed by atoms with Crippen LogP contribution in [0.5, 0.6) is 23.0 Å². The van der Waals surface area contributed by atoms with E-state index in [1.807, 2.05) is 13.8 Å². The smallest absolute Gasteiger partial charge is 0.446 e. The van der Waals surface area contributed by atoms with Gasteiger partial charge in [0.15, 0.2) is 5.75 Å². The van der Waals surface area contributed by atoms with Gasteiger partial charge >= 0.3 is 7.94 Å². The van der Waals surface area contributed by atoms with Gasteiger partial charge in [-0.25, -0.2) is 0 Å². The first kappa shape index (κ1) is 21.4. The van der Waals surface area contributed by atoms with Crippen LogP contribution in [0.15, 0.2) is 39.3 Å². The van der Waals surface area contributed by atoms with Crippen LogP contribution in [0, 0.1) is 0 Å². The third-order valence-corrected chi connectivity index (χ3v) is 5.73. The zero-order valence-corrected chi connectivity index (χ0v) is 18.5. The fourth-order valence-electron chi connectivity index (χ4n) is 2.11. The third kappa shape index (κ3) is 5.55. The van der Waals surface area contributed by atoms with Gasteiger partial charge in [-0.1, -0.05) is 13.8 Å². The van der Waals surface area contributed by atoms with Crippen LogP contribution in [0.1, 0.15) is 25.3 Å². The summed E-state index contributed by atoms with van der Waals surface area (Å²) in [6.45, 7) is 3.98. The summed E-state index contributed by atoms with van der Waals surface area (Å²) in [7, 11) is -2.30. The summed E-state index contributed by atoms with van der Waals surface area (Å²) in [6, 6.07) is 8.37. The van der Waals surface area contributed by atoms with E-state index in [-0.39, 0.29) is 18.0 Å². The molecule has 2 aromatic rings. The predicted octanol–water partition coefficient (Wildman–Crippen LogP) is 5.56. The number of hydrogen-bond acceptors (Lipinski definition) is 6. The second kappa shape index (κ2) is 8.87. The van der Waals surface area contributed by atoms with Gasteiger partial charge in [-0.3, -0.25) is 0 Å². The number of aromatic hydroxyl groups is 1. The summed E-state index contributed by atoms with van der Waals surface area (Å²) in [4.78, 5) is 19.0. The molecule has 0 heterocycles. The zero-order valence-electron chi connectivity index (χ0n) is 14.4. The van der Waals surface area contributed by atoms with Crippen LogP contribution in [-0.4, -0.2) is 28.4 Å². The van der Waals surface area contributed by atoms with Crippen LogP contribution in [0.25, 0.3) is 0 Å². The van der Waals surface area contributed by atoms with Crippen molar-refractivity contribution in [2.75, 3.05) is 13.5 Å². The van der Waals surface area contributed by atoms with Crippen molar-refractivity contribution in [1.82, 2.24) is 0 Å². The Hall–Kier alpha value is -0.890. The summed E-state index contributed by atoms with van der Waals surface area (Å²) in [5.74, 6) is 1.90. The van der Waals surface area contributed by atoms with Crippen LogP contribution in [0.3, 0.4) is 0 Å². The molecule has 0 amide bonds. The molecule has 0 saturated carbocycles. The third-order valence-electron chi connectivity index (χ3n) is 3.50. The van der Waals surface area contributed by atoms with Gasteiger partial charge in [-0.05, 0) is 68.1 Å². The molecule has 0 aliphatic heterocycles. The van der Waals surface area contributed by atoms with Crippen molar-refractivity contribution in [3.63, 3.8) is 0 Å². The average molecular weight is 511 g/mol. The van der Waals surface area contributed by atoms with Crippen LogP contribution in [0.4, 0.5) is 0 Å². The summed E-state index contributed by atoms with van der Waals surface area (Å²) in [6.07, 6.45) is -0.349. The van der Waals surface area contributed by atoms with Crippen molar-refractivity contribution in [1.29, 1.82) is 0 Å². The summed E-state index contributed by atoms with van der Waals surface area (Å²) in [5.41, 5.74) is 0.792. The molecule has 0 bridgehead atoms. The van der Waals surface area contributed by atoms with E-state index in [0.29, 0.717) is 26.2 Å². The second-order valence-corrected chi connectivity index (χ2v) is 9.48. The van der Waals surface area contributed by atoms with Gasteiger partial charge < -0.3 is 14.6 Å². The maximum absolute atomic E-state index is 9.92. The topological polar surface area (TPSA) is 88.4 Å². The van der Waals surface area contributed by atoms with Crippen LogP contribution >= 0.6 is 39.8 Å². The molecule has 26 heavy (non-hydrogen) atoms. The van der Waals surface area contributed by atoms with E-state index in [1.54, 1.807) is 30.3 Å². The van der Waals surface area contributed by atoms with Crippen LogP contribution in [0.2, 0.25) is 0 Å². The lowest BCUT2D eigenvalue weighted by Gasteiger charge is -2.15. The lowest BCUT2D eigenvalue weighted by atomic mass is 10.0. The van der Waals surface area contributed by atoms with E-state index in [2.05, 4.69) is 36.4 Å². The number of hydrogen-bond donors (Lipinski definition) is 3. The standard InChI is InChI=1S/C17H19Br2O6P/c1-10(2)13-6-11(4-5-16(13)20)25-17-14(18)7-12(8-15(17)19)24-9-26(21,22)23-3/h4-8,10,21-22H,9H2,1-3H3/p+1. The highest BCUT2D eigenvalue weighted by molar-refractivity contribution is 9.11. The largest absolute Gasteiger partial charge is 0.508 e. The second-order valence-electron chi connectivity index (χ2n) is 5.81. The molecule has 2 rings (SSSR count). The van der Waals surface area contributed by atoms with E-state index >= 15 is 0 Å². The zero-order chi connectivity index (χ0) is 19.5. The predicted molar refractivity (Wildman–Crippen MR) is 108 cm³/mol. The molecule has 2 aromatic carbocycles. The van der Waals surface area contributed by atoms with Gasteiger partial charge in [-0.15, -0.1) is 0 Å². The number of phenolic OH excluding ortho intramolecular Hbond substituents is 1. The molecule has 0 atom stereocenters. The van der Waals surface area contributed by atoms with Gasteiger partial charge in [0.2, 0.25) is 0 Å². The number of benzene rings is 2. The van der Waals surface area contributed by atoms with Crippen LogP contribution in [-0.2, 0) is 4.52 Å². The molecule has 6 nitrogen and oxygen atoms in total. The Labute approximate surface area is 169 Å². The fraction of sp³-hybridized carbons (Fsp3) is 0.294. The van der Waals surface area contributed by atoms with Crippen molar-refractivity contribution >= 4 is 39.8 Å². The Bertz CT molecular complexity index is 759. The first-order valence-electron chi connectivity index (χ1n) is 7.65. The number of rotatable bonds is 7. The Morgan fingerprint density at radius 3 is 2.19 bits per heavy atom. The minimum Gasteiger partial charge on any atom is -0.508 e. The van der Waals surface area contributed by atoms with Crippen LogP contribution < -0.4 is 9.47 Å². The molecule has 0 aliphatic carbocycles.